The fourth-order valence-corrected chi connectivity index (χ4v) is 5.07. The molecule has 0 saturated heterocycles. The van der Waals surface area contributed by atoms with Gasteiger partial charge in [-0.1, -0.05) is 25.0 Å². The first-order chi connectivity index (χ1) is 13.8. The second-order valence-corrected chi connectivity index (χ2v) is 8.32. The molecule has 2 aliphatic carbocycles. The lowest BCUT2D eigenvalue weighted by atomic mass is 10.00. The number of fused-ring (bicyclic) bond motifs is 1. The van der Waals surface area contributed by atoms with Crippen LogP contribution in [0.3, 0.4) is 0 Å². The molecule has 4 rings (SSSR count). The van der Waals surface area contributed by atoms with Gasteiger partial charge in [-0.3, -0.25) is 0 Å². The van der Waals surface area contributed by atoms with Gasteiger partial charge in [-0.05, 0) is 62.5 Å². The van der Waals surface area contributed by atoms with Crippen molar-refractivity contribution in [2.75, 3.05) is 23.8 Å². The summed E-state index contributed by atoms with van der Waals surface area (Å²) in [6.07, 6.45) is 8.60. The first-order valence-corrected chi connectivity index (χ1v) is 10.8. The summed E-state index contributed by atoms with van der Waals surface area (Å²) in [7, 11) is 0. The lowest BCUT2D eigenvalue weighted by molar-refractivity contribution is 0.254. The largest absolute Gasteiger partial charge is 0.396 e. The number of nitrogens with zero attached hydrogens (tertiary/aromatic N) is 2. The molecule has 2 aliphatic rings. The summed E-state index contributed by atoms with van der Waals surface area (Å²) in [5.41, 5.74) is 0.941. The third-order valence-corrected chi connectivity index (χ3v) is 6.56. The summed E-state index contributed by atoms with van der Waals surface area (Å²) in [4.78, 5) is 9.62. The number of hydrogen-bond acceptors (Lipinski definition) is 6. The minimum atomic E-state index is 0.238. The fourth-order valence-electron chi connectivity index (χ4n) is 5.07. The molecule has 28 heavy (non-hydrogen) atoms. The standard InChI is InChI=1S/C22H32N4O2/c27-13-11-15-5-3-9-18(15)23-21-17-7-1-2-8-20(17)25-22(26-21)24-19-10-4-6-16(19)12-14-28/h1-2,7-8,15-16,18-19,27-28H,3-6,9-14H2,(H2,23,24,25,26). The van der Waals surface area contributed by atoms with Gasteiger partial charge < -0.3 is 20.8 Å². The van der Waals surface area contributed by atoms with Crippen LogP contribution in [0.15, 0.2) is 24.3 Å². The van der Waals surface area contributed by atoms with E-state index in [1.165, 1.54) is 12.8 Å². The van der Waals surface area contributed by atoms with Crippen molar-refractivity contribution in [3.05, 3.63) is 24.3 Å². The van der Waals surface area contributed by atoms with Crippen LogP contribution in [-0.4, -0.2) is 45.5 Å². The van der Waals surface area contributed by atoms with Crippen molar-refractivity contribution in [2.24, 2.45) is 11.8 Å². The molecule has 6 nitrogen and oxygen atoms in total. The Kier molecular flexibility index (Phi) is 6.27. The zero-order valence-corrected chi connectivity index (χ0v) is 16.5. The Morgan fingerprint density at radius 3 is 2.14 bits per heavy atom. The minimum Gasteiger partial charge on any atom is -0.396 e. The van der Waals surface area contributed by atoms with Gasteiger partial charge in [0.15, 0.2) is 0 Å². The number of para-hydroxylation sites is 1. The number of nitrogens with one attached hydrogen (secondary N) is 2. The van der Waals surface area contributed by atoms with Crippen LogP contribution in [-0.2, 0) is 0 Å². The summed E-state index contributed by atoms with van der Waals surface area (Å²) in [5, 5.41) is 27.0. The molecule has 1 aromatic carbocycles. The van der Waals surface area contributed by atoms with E-state index >= 15 is 0 Å². The van der Waals surface area contributed by atoms with Crippen LogP contribution in [0.5, 0.6) is 0 Å². The second-order valence-electron chi connectivity index (χ2n) is 8.32. The minimum absolute atomic E-state index is 0.238. The Morgan fingerprint density at radius 1 is 0.821 bits per heavy atom. The van der Waals surface area contributed by atoms with Gasteiger partial charge in [0, 0.05) is 30.7 Å². The van der Waals surface area contributed by atoms with E-state index in [4.69, 9.17) is 9.97 Å². The summed E-state index contributed by atoms with van der Waals surface area (Å²) in [5.74, 6) is 2.55. The van der Waals surface area contributed by atoms with Crippen LogP contribution in [0.2, 0.25) is 0 Å². The predicted molar refractivity (Wildman–Crippen MR) is 112 cm³/mol. The van der Waals surface area contributed by atoms with Crippen LogP contribution in [0.4, 0.5) is 11.8 Å². The number of aliphatic hydroxyl groups is 2. The number of benzene rings is 1. The molecule has 2 fully saturated rings. The van der Waals surface area contributed by atoms with Crippen LogP contribution in [0.25, 0.3) is 10.9 Å². The van der Waals surface area contributed by atoms with Gasteiger partial charge in [-0.25, -0.2) is 4.98 Å². The van der Waals surface area contributed by atoms with E-state index in [-0.39, 0.29) is 13.2 Å². The molecule has 4 unspecified atom stereocenters. The summed E-state index contributed by atoms with van der Waals surface area (Å²) in [6.45, 7) is 0.482. The monoisotopic (exact) mass is 384 g/mol. The van der Waals surface area contributed by atoms with Crippen LogP contribution in [0.1, 0.15) is 51.4 Å². The molecule has 152 valence electrons. The smallest absolute Gasteiger partial charge is 0.225 e. The Hall–Kier alpha value is -1.92. The maximum absolute atomic E-state index is 9.37. The van der Waals surface area contributed by atoms with Gasteiger partial charge in [0.2, 0.25) is 5.95 Å². The number of aliphatic hydroxyl groups excluding tert-OH is 2. The molecule has 0 spiro atoms. The normalized spacial score (nSPS) is 27.4. The molecule has 2 saturated carbocycles. The maximum atomic E-state index is 9.37. The molecule has 0 radical (unpaired) electrons. The van der Waals surface area contributed by atoms with Gasteiger partial charge in [0.1, 0.15) is 5.82 Å². The highest BCUT2D eigenvalue weighted by atomic mass is 16.3. The van der Waals surface area contributed by atoms with E-state index in [1.54, 1.807) is 0 Å². The average molecular weight is 385 g/mol. The van der Waals surface area contributed by atoms with E-state index in [0.717, 1.165) is 55.2 Å². The van der Waals surface area contributed by atoms with Gasteiger partial charge in [0.25, 0.3) is 0 Å². The second kappa shape index (κ2) is 9.05. The molecule has 2 aromatic rings. The molecular weight excluding hydrogens is 352 g/mol. The lowest BCUT2D eigenvalue weighted by Crippen LogP contribution is -2.27. The third kappa shape index (κ3) is 4.23. The summed E-state index contributed by atoms with van der Waals surface area (Å²) >= 11 is 0. The molecule has 4 atom stereocenters. The SMILES string of the molecule is OCCC1CCCC1Nc1nc(NC2CCCC2CCO)c2ccccc2n1. The van der Waals surface area contributed by atoms with Crippen molar-refractivity contribution >= 4 is 22.7 Å². The van der Waals surface area contributed by atoms with E-state index in [2.05, 4.69) is 16.7 Å². The predicted octanol–water partition coefficient (Wildman–Crippen LogP) is 3.56. The van der Waals surface area contributed by atoms with Crippen LogP contribution >= 0.6 is 0 Å². The van der Waals surface area contributed by atoms with Gasteiger partial charge >= 0.3 is 0 Å². The summed E-state index contributed by atoms with van der Waals surface area (Å²) in [6, 6.07) is 8.82. The number of aromatic nitrogens is 2. The van der Waals surface area contributed by atoms with Crippen molar-refractivity contribution in [3.63, 3.8) is 0 Å². The van der Waals surface area contributed by atoms with Gasteiger partial charge in [0.05, 0.1) is 5.52 Å². The van der Waals surface area contributed by atoms with Crippen molar-refractivity contribution < 1.29 is 10.2 Å². The first kappa shape index (κ1) is 19.4. The zero-order valence-electron chi connectivity index (χ0n) is 16.5. The number of rotatable bonds is 8. The Morgan fingerprint density at radius 2 is 1.46 bits per heavy atom. The van der Waals surface area contributed by atoms with E-state index in [0.29, 0.717) is 29.9 Å². The first-order valence-electron chi connectivity index (χ1n) is 10.8. The molecule has 1 aromatic heterocycles. The Bertz CT molecular complexity index is 784. The Balaban J connectivity index is 1.58. The van der Waals surface area contributed by atoms with Crippen LogP contribution in [0, 0.1) is 11.8 Å². The quantitative estimate of drug-likeness (QED) is 0.556. The lowest BCUT2D eigenvalue weighted by Gasteiger charge is -2.23. The number of hydrogen-bond donors (Lipinski definition) is 4. The highest BCUT2D eigenvalue weighted by molar-refractivity contribution is 5.90. The molecular formula is C22H32N4O2. The van der Waals surface area contributed by atoms with Gasteiger partial charge in [-0.15, -0.1) is 0 Å². The fraction of sp³-hybridized carbons (Fsp3) is 0.636. The van der Waals surface area contributed by atoms with Crippen molar-refractivity contribution in [1.82, 2.24) is 9.97 Å². The van der Waals surface area contributed by atoms with Gasteiger partial charge in [-0.2, -0.15) is 4.98 Å². The average Bonchev–Trinajstić information content (AvgIpc) is 3.32. The topological polar surface area (TPSA) is 90.3 Å². The maximum Gasteiger partial charge on any atom is 0.225 e. The molecule has 6 heteroatoms. The van der Waals surface area contributed by atoms with E-state index in [1.807, 2.05) is 18.2 Å². The molecule has 4 N–H and O–H groups in total. The molecule has 0 bridgehead atoms. The summed E-state index contributed by atoms with van der Waals surface area (Å²) < 4.78 is 0. The van der Waals surface area contributed by atoms with Crippen LogP contribution < -0.4 is 10.6 Å². The highest BCUT2D eigenvalue weighted by Crippen LogP contribution is 2.34. The van der Waals surface area contributed by atoms with Crippen molar-refractivity contribution in [1.29, 1.82) is 0 Å². The molecule has 0 amide bonds. The molecule has 1 heterocycles. The molecule has 0 aliphatic heterocycles. The van der Waals surface area contributed by atoms with Crippen molar-refractivity contribution in [2.45, 2.75) is 63.5 Å². The highest BCUT2D eigenvalue weighted by Gasteiger charge is 2.29. The number of anilines is 2. The zero-order chi connectivity index (χ0) is 19.3. The van der Waals surface area contributed by atoms with E-state index in [9.17, 15) is 10.2 Å². The Labute approximate surface area is 166 Å². The van der Waals surface area contributed by atoms with Crippen molar-refractivity contribution in [3.8, 4) is 0 Å². The van der Waals surface area contributed by atoms with E-state index < -0.39 is 0 Å². The third-order valence-electron chi connectivity index (χ3n) is 6.56.